The van der Waals surface area contributed by atoms with Crippen LogP contribution < -0.4 is 14.2 Å². The number of carboxylic acids is 1. The van der Waals surface area contributed by atoms with E-state index in [1.807, 2.05) is 0 Å². The van der Waals surface area contributed by atoms with Gasteiger partial charge in [0.25, 0.3) is 0 Å². The molecule has 0 aliphatic carbocycles. The average Bonchev–Trinajstić information content (AvgIpc) is 2.96. The van der Waals surface area contributed by atoms with Crippen molar-refractivity contribution in [2.45, 2.75) is 82.4 Å². The molecule has 0 spiro atoms. The molecule has 7 atom stereocenters. The van der Waals surface area contributed by atoms with E-state index in [1.54, 1.807) is 31.2 Å². The Hall–Kier alpha value is -3.95. The number of phenols is 1. The van der Waals surface area contributed by atoms with Crippen LogP contribution in [0.1, 0.15) is 59.3 Å². The summed E-state index contributed by atoms with van der Waals surface area (Å²) in [5, 5.41) is 61.5. The Morgan fingerprint density at radius 2 is 1.68 bits per heavy atom. The third-order valence-electron chi connectivity index (χ3n) is 7.61. The number of Topliss-reactive ketones (excluding diaryl/α,β-unsaturated/α-hetero) is 1. The van der Waals surface area contributed by atoms with Gasteiger partial charge in [-0.15, -0.1) is 0 Å². The number of aliphatic hydroxyl groups is 4. The summed E-state index contributed by atoms with van der Waals surface area (Å²) >= 11 is 0. The summed E-state index contributed by atoms with van der Waals surface area (Å²) in [6.45, 7) is 3.56. The number of carbonyl (C=O) groups is 3. The fourth-order valence-electron chi connectivity index (χ4n) is 5.21. The van der Waals surface area contributed by atoms with Crippen LogP contribution in [0.25, 0.3) is 0 Å². The number of rotatable bonds is 10. The number of ether oxygens (including phenoxy) is 5. The van der Waals surface area contributed by atoms with Crippen molar-refractivity contribution in [1.82, 2.24) is 0 Å². The molecule has 0 saturated carbocycles. The van der Waals surface area contributed by atoms with Crippen molar-refractivity contribution < 1.29 is 68.7 Å². The maximum Gasteiger partial charge on any atom is 0.308 e. The normalized spacial score (nSPS) is 26.1. The summed E-state index contributed by atoms with van der Waals surface area (Å²) in [4.78, 5) is 36.3. The average molecular weight is 621 g/mol. The highest BCUT2D eigenvalue weighted by Gasteiger charge is 2.46. The molecule has 0 amide bonds. The number of hydrogen-bond acceptors (Lipinski definition) is 13. The van der Waals surface area contributed by atoms with Gasteiger partial charge in [-0.05, 0) is 38.5 Å². The molecule has 0 bridgehead atoms. The molecular formula is C30H36O14. The van der Waals surface area contributed by atoms with Crippen LogP contribution in [-0.4, -0.2) is 98.4 Å². The Bertz CT molecular complexity index is 1400. The van der Waals surface area contributed by atoms with E-state index in [-0.39, 0.29) is 34.8 Å². The van der Waals surface area contributed by atoms with Gasteiger partial charge in [0, 0.05) is 11.1 Å². The van der Waals surface area contributed by atoms with Crippen LogP contribution in [-0.2, 0) is 19.1 Å². The molecule has 4 rings (SSSR count). The van der Waals surface area contributed by atoms with Gasteiger partial charge in [0.15, 0.2) is 5.78 Å². The molecule has 1 fully saturated rings. The van der Waals surface area contributed by atoms with Crippen molar-refractivity contribution >= 4 is 17.7 Å². The first-order valence-electron chi connectivity index (χ1n) is 13.8. The highest BCUT2D eigenvalue weighted by Crippen LogP contribution is 2.48. The first kappa shape index (κ1) is 33.0. The number of aliphatic hydroxyl groups excluding tert-OH is 3. The lowest BCUT2D eigenvalue weighted by Gasteiger charge is -2.40. The van der Waals surface area contributed by atoms with E-state index in [0.717, 1.165) is 6.92 Å². The van der Waals surface area contributed by atoms with Crippen LogP contribution in [0.5, 0.6) is 23.0 Å². The zero-order chi connectivity index (χ0) is 32.5. The molecule has 14 nitrogen and oxygen atoms in total. The summed E-state index contributed by atoms with van der Waals surface area (Å²) in [7, 11) is 1.53. The number of carbonyl (C=O) groups excluding carboxylic acids is 2. The lowest BCUT2D eigenvalue weighted by molar-refractivity contribution is -0.279. The zero-order valence-corrected chi connectivity index (χ0v) is 24.6. The standard InChI is InChI=1S/C30H36O14/c1-13-23(35)22-17(31)9-18(15-5-7-16(40-4)8-6-15)42-28(22)14(2)27(13)44-29-26(38)25(37)24(36)19(43-29)12-41-21(34)11-30(3,39)10-20(32)33/h5-8,18-19,24-26,29,35-39H,9-12H2,1-4H3,(H,32,33)/t18-,19+,24+,25-,26+,29-,30?/m0/s1. The van der Waals surface area contributed by atoms with Crippen molar-refractivity contribution in [3.63, 3.8) is 0 Å². The van der Waals surface area contributed by atoms with Crippen LogP contribution in [0.4, 0.5) is 0 Å². The number of esters is 1. The summed E-state index contributed by atoms with van der Waals surface area (Å²) in [6.07, 6.45) is -10.5. The van der Waals surface area contributed by atoms with Gasteiger partial charge in [-0.1, -0.05) is 12.1 Å². The largest absolute Gasteiger partial charge is 0.507 e. The zero-order valence-electron chi connectivity index (χ0n) is 24.6. The molecular weight excluding hydrogens is 584 g/mol. The second-order valence-corrected chi connectivity index (χ2v) is 11.2. The fourth-order valence-corrected chi connectivity index (χ4v) is 5.21. The number of carboxylic acid groups (broad SMARTS) is 1. The number of ketones is 1. The lowest BCUT2D eigenvalue weighted by Crippen LogP contribution is -2.60. The monoisotopic (exact) mass is 620 g/mol. The summed E-state index contributed by atoms with van der Waals surface area (Å²) < 4.78 is 27.9. The quantitative estimate of drug-likeness (QED) is 0.205. The Morgan fingerprint density at radius 1 is 1.02 bits per heavy atom. The first-order chi connectivity index (χ1) is 20.6. The third-order valence-corrected chi connectivity index (χ3v) is 7.61. The SMILES string of the molecule is COc1ccc([C@@H]2CC(=O)c3c(O)c(C)c(O[C@@H]4O[C@H](COC(=O)CC(C)(O)CC(=O)O)[C@@H](O)[C@H](O)[C@H]4O)c(C)c3O2)cc1. The van der Waals surface area contributed by atoms with Crippen LogP contribution in [0.15, 0.2) is 24.3 Å². The molecule has 14 heteroatoms. The Kier molecular flexibility index (Phi) is 9.71. The summed E-state index contributed by atoms with van der Waals surface area (Å²) in [6, 6.07) is 6.95. The van der Waals surface area contributed by atoms with E-state index in [1.165, 1.54) is 14.0 Å². The molecule has 2 heterocycles. The minimum atomic E-state index is -1.89. The van der Waals surface area contributed by atoms with Crippen LogP contribution in [0.3, 0.4) is 0 Å². The number of methoxy groups -OCH3 is 1. The number of aliphatic carboxylic acids is 1. The summed E-state index contributed by atoms with van der Waals surface area (Å²) in [5.74, 6) is -2.42. The fraction of sp³-hybridized carbons (Fsp3) is 0.500. The smallest absolute Gasteiger partial charge is 0.308 e. The number of benzene rings is 2. The van der Waals surface area contributed by atoms with Crippen molar-refractivity contribution in [2.75, 3.05) is 13.7 Å². The maximum absolute atomic E-state index is 13.1. The Labute approximate surface area is 252 Å². The molecule has 2 aliphatic heterocycles. The number of hydrogen-bond donors (Lipinski definition) is 6. The van der Waals surface area contributed by atoms with Crippen molar-refractivity contribution in [3.8, 4) is 23.0 Å². The second-order valence-electron chi connectivity index (χ2n) is 11.2. The molecule has 44 heavy (non-hydrogen) atoms. The Balaban J connectivity index is 1.54. The molecule has 1 saturated heterocycles. The van der Waals surface area contributed by atoms with Gasteiger partial charge >= 0.3 is 11.9 Å². The molecule has 0 radical (unpaired) electrons. The van der Waals surface area contributed by atoms with Gasteiger partial charge in [-0.25, -0.2) is 0 Å². The van der Waals surface area contributed by atoms with Crippen molar-refractivity contribution in [2.24, 2.45) is 0 Å². The molecule has 1 unspecified atom stereocenters. The number of aromatic hydroxyl groups is 1. The Morgan fingerprint density at radius 3 is 2.30 bits per heavy atom. The highest BCUT2D eigenvalue weighted by atomic mass is 16.7. The highest BCUT2D eigenvalue weighted by molar-refractivity contribution is 6.04. The van der Waals surface area contributed by atoms with E-state index in [2.05, 4.69) is 0 Å². The maximum atomic E-state index is 13.1. The van der Waals surface area contributed by atoms with Gasteiger partial charge in [-0.2, -0.15) is 0 Å². The minimum Gasteiger partial charge on any atom is -0.507 e. The molecule has 240 valence electrons. The molecule has 0 aromatic heterocycles. The predicted octanol–water partition coefficient (Wildman–Crippen LogP) is 1.07. The minimum absolute atomic E-state index is 0.0162. The molecule has 2 aliphatic rings. The summed E-state index contributed by atoms with van der Waals surface area (Å²) in [5.41, 5.74) is -0.809. The van der Waals surface area contributed by atoms with Crippen LogP contribution in [0.2, 0.25) is 0 Å². The first-order valence-corrected chi connectivity index (χ1v) is 13.8. The van der Waals surface area contributed by atoms with Gasteiger partial charge < -0.3 is 54.3 Å². The van der Waals surface area contributed by atoms with Crippen LogP contribution >= 0.6 is 0 Å². The van der Waals surface area contributed by atoms with Gasteiger partial charge in [0.1, 0.15) is 65.7 Å². The van der Waals surface area contributed by atoms with E-state index in [9.17, 15) is 39.9 Å². The lowest BCUT2D eigenvalue weighted by atomic mass is 9.91. The molecule has 6 N–H and O–H groups in total. The van der Waals surface area contributed by atoms with Crippen LogP contribution in [0, 0.1) is 13.8 Å². The van der Waals surface area contributed by atoms with Crippen molar-refractivity contribution in [1.29, 1.82) is 0 Å². The predicted molar refractivity (Wildman–Crippen MR) is 149 cm³/mol. The number of phenolic OH excluding ortho intramolecular Hbond substituents is 1. The third kappa shape index (κ3) is 6.89. The van der Waals surface area contributed by atoms with E-state index < -0.39 is 79.5 Å². The van der Waals surface area contributed by atoms with Gasteiger partial charge in [-0.3, -0.25) is 14.4 Å². The topological polar surface area (TPSA) is 219 Å². The van der Waals surface area contributed by atoms with Gasteiger partial charge in [0.05, 0.1) is 32.0 Å². The van der Waals surface area contributed by atoms with E-state index in [0.29, 0.717) is 16.9 Å². The molecule has 2 aromatic rings. The van der Waals surface area contributed by atoms with E-state index >= 15 is 0 Å². The van der Waals surface area contributed by atoms with Crippen molar-refractivity contribution in [3.05, 3.63) is 46.5 Å². The van der Waals surface area contributed by atoms with Gasteiger partial charge in [0.2, 0.25) is 6.29 Å². The second kappa shape index (κ2) is 13.0. The van der Waals surface area contributed by atoms with E-state index in [4.69, 9.17) is 28.8 Å². The number of fused-ring (bicyclic) bond motifs is 1. The molecule has 2 aromatic carbocycles.